The maximum absolute atomic E-state index is 5.05. The van der Waals surface area contributed by atoms with Crippen molar-refractivity contribution in [3.8, 4) is 0 Å². The molecule has 5 heteroatoms. The molecule has 2 aliphatic rings. The Labute approximate surface area is 97.0 Å². The summed E-state index contributed by atoms with van der Waals surface area (Å²) in [5.41, 5.74) is 0. The van der Waals surface area contributed by atoms with Crippen molar-refractivity contribution in [2.24, 2.45) is 0 Å². The molecule has 1 unspecified atom stereocenters. The van der Waals surface area contributed by atoms with E-state index in [0.717, 1.165) is 24.5 Å². The topological polar surface area (TPSA) is 32.9 Å². The average molecular weight is 230 g/mol. The highest BCUT2D eigenvalue weighted by molar-refractivity contribution is 7.80. The smallest absolute Gasteiger partial charge is 0.174 e. The lowest BCUT2D eigenvalue weighted by Gasteiger charge is -2.29. The van der Waals surface area contributed by atoms with E-state index in [1.54, 1.807) is 9.80 Å². The fraction of sp³-hybridized carbons (Fsp3) is 0.900. The molecule has 2 saturated heterocycles. The summed E-state index contributed by atoms with van der Waals surface area (Å²) in [4.78, 5) is 3.37. The van der Waals surface area contributed by atoms with Crippen LogP contribution in [-0.4, -0.2) is 44.1 Å². The number of thiocarbonyl (C=S) groups is 1. The zero-order valence-electron chi connectivity index (χ0n) is 9.44. The molecule has 0 amide bonds. The van der Waals surface area contributed by atoms with Crippen LogP contribution in [0.15, 0.2) is 0 Å². The number of likely N-dealkylation sites (tertiary alicyclic amines) is 1. The van der Waals surface area contributed by atoms with Gasteiger partial charge >= 0.3 is 0 Å². The van der Waals surface area contributed by atoms with Gasteiger partial charge in [-0.25, -0.2) is 0 Å². The van der Waals surface area contributed by atoms with Crippen LogP contribution in [-0.2, 0) is 0 Å². The first-order chi connectivity index (χ1) is 7.29. The molecule has 4 N–H and O–H groups in total. The molecular formula is C10H22N4S+2. The summed E-state index contributed by atoms with van der Waals surface area (Å²) in [7, 11) is 0. The van der Waals surface area contributed by atoms with E-state index in [9.17, 15) is 0 Å². The Kier molecular flexibility index (Phi) is 3.77. The van der Waals surface area contributed by atoms with Crippen LogP contribution in [0.4, 0.5) is 0 Å². The predicted octanol–water partition coefficient (Wildman–Crippen LogP) is -2.67. The molecular weight excluding hydrogens is 208 g/mol. The highest BCUT2D eigenvalue weighted by Gasteiger charge is 2.31. The number of hydrogen-bond acceptors (Lipinski definition) is 1. The van der Waals surface area contributed by atoms with Crippen molar-refractivity contribution in [1.29, 1.82) is 0 Å². The van der Waals surface area contributed by atoms with Crippen LogP contribution in [0.25, 0.3) is 0 Å². The first-order valence-corrected chi connectivity index (χ1v) is 6.40. The SMILES string of the molecule is CC[NH+]1CCC[C@@H]1C[NH+]1CNC(=S)NC1. The van der Waals surface area contributed by atoms with Gasteiger partial charge in [0.05, 0.1) is 13.1 Å². The second kappa shape index (κ2) is 5.09. The van der Waals surface area contributed by atoms with E-state index >= 15 is 0 Å². The molecule has 0 bridgehead atoms. The van der Waals surface area contributed by atoms with Gasteiger partial charge in [-0.15, -0.1) is 0 Å². The third kappa shape index (κ3) is 2.80. The van der Waals surface area contributed by atoms with Crippen LogP contribution in [0.2, 0.25) is 0 Å². The number of quaternary nitrogens is 2. The molecule has 15 heavy (non-hydrogen) atoms. The summed E-state index contributed by atoms with van der Waals surface area (Å²) < 4.78 is 0. The molecule has 0 aromatic carbocycles. The third-order valence-corrected chi connectivity index (χ3v) is 3.90. The van der Waals surface area contributed by atoms with Crippen LogP contribution in [0.1, 0.15) is 19.8 Å². The molecule has 2 heterocycles. The minimum Gasteiger partial charge on any atom is -0.328 e. The van der Waals surface area contributed by atoms with Crippen LogP contribution in [0.5, 0.6) is 0 Å². The van der Waals surface area contributed by atoms with E-state index in [2.05, 4.69) is 17.6 Å². The first-order valence-electron chi connectivity index (χ1n) is 5.99. The van der Waals surface area contributed by atoms with Gasteiger partial charge < -0.3 is 15.5 Å². The Morgan fingerprint density at radius 3 is 2.80 bits per heavy atom. The number of nitrogens with one attached hydrogen (secondary N) is 4. The van der Waals surface area contributed by atoms with E-state index < -0.39 is 0 Å². The summed E-state index contributed by atoms with van der Waals surface area (Å²) in [5, 5.41) is 7.24. The van der Waals surface area contributed by atoms with Crippen LogP contribution in [0, 0.1) is 0 Å². The molecule has 2 rings (SSSR count). The van der Waals surface area contributed by atoms with Gasteiger partial charge in [-0.3, -0.25) is 4.90 Å². The molecule has 86 valence electrons. The van der Waals surface area contributed by atoms with Crippen molar-refractivity contribution >= 4 is 17.3 Å². The summed E-state index contributed by atoms with van der Waals surface area (Å²) >= 11 is 5.05. The second-order valence-corrected chi connectivity index (χ2v) is 5.00. The molecule has 0 spiro atoms. The van der Waals surface area contributed by atoms with E-state index in [1.807, 2.05) is 0 Å². The lowest BCUT2D eigenvalue weighted by molar-refractivity contribution is -0.970. The molecule has 2 aliphatic heterocycles. The lowest BCUT2D eigenvalue weighted by Crippen LogP contribution is -3.24. The summed E-state index contributed by atoms with van der Waals surface area (Å²) in [6.07, 6.45) is 2.80. The largest absolute Gasteiger partial charge is 0.328 e. The van der Waals surface area contributed by atoms with E-state index in [4.69, 9.17) is 12.2 Å². The highest BCUT2D eigenvalue weighted by Crippen LogP contribution is 1.97. The average Bonchev–Trinajstić information content (AvgIpc) is 2.69. The second-order valence-electron chi connectivity index (χ2n) is 4.59. The Morgan fingerprint density at radius 1 is 1.40 bits per heavy atom. The summed E-state index contributed by atoms with van der Waals surface area (Å²) in [6.45, 7) is 8.18. The van der Waals surface area contributed by atoms with Gasteiger partial charge in [-0.2, -0.15) is 0 Å². The van der Waals surface area contributed by atoms with Crippen LogP contribution in [0.3, 0.4) is 0 Å². The quantitative estimate of drug-likeness (QED) is 0.399. The minimum absolute atomic E-state index is 0.810. The molecule has 4 nitrogen and oxygen atoms in total. The number of likely N-dealkylation sites (N-methyl/N-ethyl adjacent to an activating group) is 1. The Balaban J connectivity index is 1.78. The van der Waals surface area contributed by atoms with Gasteiger partial charge in [0.15, 0.2) is 18.4 Å². The Hall–Kier alpha value is -0.390. The molecule has 0 radical (unpaired) electrons. The van der Waals surface area contributed by atoms with Crippen LogP contribution >= 0.6 is 12.2 Å². The lowest BCUT2D eigenvalue weighted by atomic mass is 10.2. The standard InChI is InChI=1S/C10H20N4S/c1-2-14-5-3-4-9(14)6-13-7-11-10(15)12-8-13/h9H,2-8H2,1H3,(H2,11,12,15)/p+2/t9-/m1/s1. The minimum atomic E-state index is 0.810. The van der Waals surface area contributed by atoms with Gasteiger partial charge in [-0.05, 0) is 19.1 Å². The maximum Gasteiger partial charge on any atom is 0.174 e. The fourth-order valence-electron chi connectivity index (χ4n) is 2.72. The molecule has 2 fully saturated rings. The molecule has 0 aromatic heterocycles. The molecule has 0 aromatic rings. The fourth-order valence-corrected chi connectivity index (χ4v) is 2.87. The van der Waals surface area contributed by atoms with Crippen LogP contribution < -0.4 is 20.4 Å². The number of hydrogen-bond donors (Lipinski definition) is 4. The summed E-state index contributed by atoms with van der Waals surface area (Å²) in [5.74, 6) is 0. The normalized spacial score (nSPS) is 32.5. The van der Waals surface area contributed by atoms with Crippen molar-refractivity contribution in [2.45, 2.75) is 25.8 Å². The molecule has 0 saturated carbocycles. The van der Waals surface area contributed by atoms with Gasteiger partial charge in [-0.1, -0.05) is 0 Å². The van der Waals surface area contributed by atoms with E-state index in [1.165, 1.54) is 32.5 Å². The van der Waals surface area contributed by atoms with Crippen molar-refractivity contribution < 1.29 is 9.80 Å². The predicted molar refractivity (Wildman–Crippen MR) is 63.8 cm³/mol. The Bertz CT molecular complexity index is 223. The van der Waals surface area contributed by atoms with Crippen molar-refractivity contribution in [3.05, 3.63) is 0 Å². The third-order valence-electron chi connectivity index (χ3n) is 3.61. The molecule has 2 atom stereocenters. The first kappa shape index (κ1) is 11.1. The number of rotatable bonds is 3. The van der Waals surface area contributed by atoms with Crippen molar-refractivity contribution in [3.63, 3.8) is 0 Å². The van der Waals surface area contributed by atoms with Gasteiger partial charge in [0, 0.05) is 12.8 Å². The zero-order valence-corrected chi connectivity index (χ0v) is 10.3. The monoisotopic (exact) mass is 230 g/mol. The maximum atomic E-state index is 5.05. The zero-order chi connectivity index (χ0) is 10.7. The van der Waals surface area contributed by atoms with Gasteiger partial charge in [0.2, 0.25) is 0 Å². The van der Waals surface area contributed by atoms with Crippen molar-refractivity contribution in [2.75, 3.05) is 33.0 Å². The Morgan fingerprint density at radius 2 is 2.13 bits per heavy atom. The highest BCUT2D eigenvalue weighted by atomic mass is 32.1. The van der Waals surface area contributed by atoms with Crippen molar-refractivity contribution in [1.82, 2.24) is 10.6 Å². The van der Waals surface area contributed by atoms with E-state index in [-0.39, 0.29) is 0 Å². The van der Waals surface area contributed by atoms with Gasteiger partial charge in [0.1, 0.15) is 12.6 Å². The summed E-state index contributed by atoms with van der Waals surface area (Å²) in [6, 6.07) is 0.861. The molecule has 0 aliphatic carbocycles. The van der Waals surface area contributed by atoms with E-state index in [0.29, 0.717) is 0 Å². The van der Waals surface area contributed by atoms with Gasteiger partial charge in [0.25, 0.3) is 0 Å².